The number of aromatic nitrogens is 2. The van der Waals surface area contributed by atoms with Crippen LogP contribution in [0.15, 0.2) is 4.34 Å². The molecule has 3 amide bonds. The molecule has 0 aliphatic carbocycles. The van der Waals surface area contributed by atoms with Gasteiger partial charge in [-0.3, -0.25) is 10.1 Å². The van der Waals surface area contributed by atoms with Crippen molar-refractivity contribution in [3.63, 3.8) is 0 Å². The van der Waals surface area contributed by atoms with Gasteiger partial charge in [-0.15, -0.1) is 10.2 Å². The molecular weight excluding hydrogens is 286 g/mol. The zero-order chi connectivity index (χ0) is 14.3. The quantitative estimate of drug-likeness (QED) is 0.685. The molecule has 7 nitrogen and oxygen atoms in total. The molecule has 1 rings (SSSR count). The van der Waals surface area contributed by atoms with Crippen LogP contribution in [-0.4, -0.2) is 41.0 Å². The highest BCUT2D eigenvalue weighted by molar-refractivity contribution is 8.02. The minimum absolute atomic E-state index is 0.359. The van der Waals surface area contributed by atoms with Gasteiger partial charge in [0.1, 0.15) is 0 Å². The molecule has 0 unspecified atom stereocenters. The van der Waals surface area contributed by atoms with Crippen LogP contribution < -0.4 is 16.0 Å². The van der Waals surface area contributed by atoms with E-state index in [4.69, 9.17) is 0 Å². The number of urea groups is 1. The first kappa shape index (κ1) is 15.7. The summed E-state index contributed by atoms with van der Waals surface area (Å²) >= 11 is 2.66. The van der Waals surface area contributed by atoms with Crippen molar-refractivity contribution in [2.45, 2.75) is 29.9 Å². The number of hydrogen-bond donors (Lipinski definition) is 3. The predicted octanol–water partition coefficient (Wildman–Crippen LogP) is 1.30. The molecule has 9 heteroatoms. The summed E-state index contributed by atoms with van der Waals surface area (Å²) in [5.74, 6) is -0.359. The van der Waals surface area contributed by atoms with Crippen LogP contribution in [0.2, 0.25) is 0 Å². The predicted molar refractivity (Wildman–Crippen MR) is 76.6 cm³/mol. The Balaban J connectivity index is 2.47. The maximum absolute atomic E-state index is 11.6. The molecule has 1 atom stereocenters. The first-order valence-electron chi connectivity index (χ1n) is 5.83. The Morgan fingerprint density at radius 3 is 2.79 bits per heavy atom. The van der Waals surface area contributed by atoms with E-state index < -0.39 is 11.3 Å². The zero-order valence-electron chi connectivity index (χ0n) is 11.0. The first-order chi connectivity index (χ1) is 9.06. The Morgan fingerprint density at radius 2 is 2.16 bits per heavy atom. The van der Waals surface area contributed by atoms with E-state index >= 15 is 0 Å². The average Bonchev–Trinajstić information content (AvgIpc) is 2.83. The highest BCUT2D eigenvalue weighted by Gasteiger charge is 2.18. The second-order valence-corrected chi connectivity index (χ2v) is 6.19. The monoisotopic (exact) mass is 303 g/mol. The average molecular weight is 303 g/mol. The van der Waals surface area contributed by atoms with Crippen molar-refractivity contribution in [2.75, 3.05) is 18.9 Å². The number of imide groups is 1. The lowest BCUT2D eigenvalue weighted by molar-refractivity contribution is -0.119. The van der Waals surface area contributed by atoms with Crippen molar-refractivity contribution in [3.05, 3.63) is 0 Å². The van der Waals surface area contributed by atoms with Gasteiger partial charge in [0.2, 0.25) is 11.0 Å². The molecule has 0 fully saturated rings. The number of anilines is 1. The largest absolute Gasteiger partial charge is 0.360 e. The van der Waals surface area contributed by atoms with Crippen LogP contribution in [0.25, 0.3) is 0 Å². The summed E-state index contributed by atoms with van der Waals surface area (Å²) in [6.07, 6.45) is 1.01. The number of carbonyl (C=O) groups is 2. The van der Waals surface area contributed by atoms with Gasteiger partial charge in [0.05, 0.1) is 5.25 Å². The SMILES string of the molecule is CCCNc1nnc(S[C@H](C)C(=O)NC(=O)NC)s1. The Morgan fingerprint density at radius 1 is 1.42 bits per heavy atom. The minimum Gasteiger partial charge on any atom is -0.360 e. The van der Waals surface area contributed by atoms with Crippen molar-refractivity contribution < 1.29 is 9.59 Å². The Bertz CT molecular complexity index is 437. The van der Waals surface area contributed by atoms with Gasteiger partial charge in [-0.1, -0.05) is 30.0 Å². The van der Waals surface area contributed by atoms with Crippen LogP contribution in [0.3, 0.4) is 0 Å². The number of rotatable bonds is 6. The molecule has 1 aromatic rings. The molecule has 0 aliphatic rings. The van der Waals surface area contributed by atoms with Gasteiger partial charge in [0.15, 0.2) is 4.34 Å². The highest BCUT2D eigenvalue weighted by atomic mass is 32.2. The van der Waals surface area contributed by atoms with E-state index in [1.165, 1.54) is 30.1 Å². The molecule has 0 aliphatic heterocycles. The third-order valence-electron chi connectivity index (χ3n) is 2.04. The van der Waals surface area contributed by atoms with E-state index in [2.05, 4.69) is 33.1 Å². The summed E-state index contributed by atoms with van der Waals surface area (Å²) < 4.78 is 0.693. The third kappa shape index (κ3) is 5.43. The molecule has 1 aromatic heterocycles. The van der Waals surface area contributed by atoms with E-state index in [0.29, 0.717) is 4.34 Å². The number of nitrogens with zero attached hydrogens (tertiary/aromatic N) is 2. The lowest BCUT2D eigenvalue weighted by Gasteiger charge is -2.08. The van der Waals surface area contributed by atoms with Gasteiger partial charge in [-0.25, -0.2) is 4.79 Å². The van der Waals surface area contributed by atoms with Crippen LogP contribution >= 0.6 is 23.1 Å². The molecule has 0 aromatic carbocycles. The molecule has 106 valence electrons. The zero-order valence-corrected chi connectivity index (χ0v) is 12.7. The summed E-state index contributed by atoms with van der Waals surface area (Å²) in [6, 6.07) is -0.514. The second-order valence-electron chi connectivity index (χ2n) is 3.63. The van der Waals surface area contributed by atoms with E-state index in [9.17, 15) is 9.59 Å². The number of nitrogens with one attached hydrogen (secondary N) is 3. The van der Waals surface area contributed by atoms with Crippen LogP contribution in [0.1, 0.15) is 20.3 Å². The highest BCUT2D eigenvalue weighted by Crippen LogP contribution is 2.28. The van der Waals surface area contributed by atoms with Gasteiger partial charge < -0.3 is 10.6 Å². The van der Waals surface area contributed by atoms with E-state index in [0.717, 1.165) is 18.1 Å². The molecule has 0 saturated heterocycles. The fourth-order valence-electron chi connectivity index (χ4n) is 1.04. The van der Waals surface area contributed by atoms with Crippen molar-refractivity contribution in [2.24, 2.45) is 0 Å². The van der Waals surface area contributed by atoms with Crippen LogP contribution in [-0.2, 0) is 4.79 Å². The van der Waals surface area contributed by atoms with E-state index in [1.54, 1.807) is 6.92 Å². The summed E-state index contributed by atoms with van der Waals surface area (Å²) in [7, 11) is 1.46. The van der Waals surface area contributed by atoms with Gasteiger partial charge in [-0.2, -0.15) is 0 Å². The first-order valence-corrected chi connectivity index (χ1v) is 7.53. The number of carbonyl (C=O) groups excluding carboxylic acids is 2. The van der Waals surface area contributed by atoms with Gasteiger partial charge >= 0.3 is 6.03 Å². The van der Waals surface area contributed by atoms with Crippen molar-refractivity contribution in [3.8, 4) is 0 Å². The minimum atomic E-state index is -0.514. The van der Waals surface area contributed by atoms with E-state index in [-0.39, 0.29) is 5.91 Å². The molecular formula is C10H17N5O2S2. The van der Waals surface area contributed by atoms with Crippen LogP contribution in [0, 0.1) is 0 Å². The Hall–Kier alpha value is -1.35. The normalized spacial score (nSPS) is 11.7. The second kappa shape index (κ2) is 7.95. The number of hydrogen-bond acceptors (Lipinski definition) is 7. The molecule has 3 N–H and O–H groups in total. The summed E-state index contributed by atoms with van der Waals surface area (Å²) in [4.78, 5) is 22.7. The maximum Gasteiger partial charge on any atom is 0.321 e. The number of thioether (sulfide) groups is 1. The van der Waals surface area contributed by atoms with Gasteiger partial charge in [-0.05, 0) is 13.3 Å². The maximum atomic E-state index is 11.6. The summed E-state index contributed by atoms with van der Waals surface area (Å²) in [6.45, 7) is 4.62. The summed E-state index contributed by atoms with van der Waals surface area (Å²) in [5, 5.41) is 15.9. The lowest BCUT2D eigenvalue weighted by atomic mass is 10.4. The number of amides is 3. The van der Waals surface area contributed by atoms with Crippen molar-refractivity contribution >= 4 is 40.2 Å². The van der Waals surface area contributed by atoms with E-state index in [1.807, 2.05) is 0 Å². The lowest BCUT2D eigenvalue weighted by Crippen LogP contribution is -2.41. The standard InChI is InChI=1S/C10H17N5O2S2/c1-4-5-12-9-14-15-10(19-9)18-6(2)7(16)13-8(17)11-3/h6H,4-5H2,1-3H3,(H,12,14)(H2,11,13,16,17)/t6-/m1/s1. The molecule has 1 heterocycles. The van der Waals surface area contributed by atoms with Crippen molar-refractivity contribution in [1.82, 2.24) is 20.8 Å². The molecule has 0 saturated carbocycles. The third-order valence-corrected chi connectivity index (χ3v) is 4.11. The van der Waals surface area contributed by atoms with Gasteiger partial charge in [0.25, 0.3) is 0 Å². The van der Waals surface area contributed by atoms with Gasteiger partial charge in [0, 0.05) is 13.6 Å². The molecule has 0 bridgehead atoms. The molecule has 0 spiro atoms. The van der Waals surface area contributed by atoms with Crippen LogP contribution in [0.4, 0.5) is 9.93 Å². The fraction of sp³-hybridized carbons (Fsp3) is 0.600. The van der Waals surface area contributed by atoms with Crippen LogP contribution in [0.5, 0.6) is 0 Å². The molecule has 0 radical (unpaired) electrons. The Kier molecular flexibility index (Phi) is 6.57. The summed E-state index contributed by atoms with van der Waals surface area (Å²) in [5.41, 5.74) is 0. The smallest absolute Gasteiger partial charge is 0.321 e. The molecule has 19 heavy (non-hydrogen) atoms. The van der Waals surface area contributed by atoms with Crippen molar-refractivity contribution in [1.29, 1.82) is 0 Å². The fourth-order valence-corrected chi connectivity index (χ4v) is 2.96. The Labute approximate surface area is 119 Å². The topological polar surface area (TPSA) is 96.0 Å².